The summed E-state index contributed by atoms with van der Waals surface area (Å²) in [4.78, 5) is 2.39. The Morgan fingerprint density at radius 2 is 2.19 bits per heavy atom. The average molecular weight is 313 g/mol. The van der Waals surface area contributed by atoms with Gasteiger partial charge in [-0.15, -0.1) is 0 Å². The fraction of sp³-hybridized carbons (Fsp3) is 0.769. The van der Waals surface area contributed by atoms with Crippen LogP contribution < -0.4 is 10.0 Å². The van der Waals surface area contributed by atoms with E-state index in [4.69, 9.17) is 0 Å². The van der Waals surface area contributed by atoms with Crippen molar-refractivity contribution in [1.29, 1.82) is 0 Å². The summed E-state index contributed by atoms with van der Waals surface area (Å²) in [7, 11) is -1.78. The van der Waals surface area contributed by atoms with Crippen LogP contribution in [0.4, 0.5) is 0 Å². The standard InChI is InChI=1S/C13H23N5O2S/c1-9-10(8-14-2)13(16-15-9)21(19,20)17-11-5-7-18-6-3-4-12(11)18/h11-12,14,17H,3-8H2,1-2H3,(H,15,16). The molecule has 3 heterocycles. The van der Waals surface area contributed by atoms with Crippen molar-refractivity contribution in [3.8, 4) is 0 Å². The lowest BCUT2D eigenvalue weighted by atomic mass is 10.1. The maximum absolute atomic E-state index is 12.6. The highest BCUT2D eigenvalue weighted by Gasteiger charge is 2.40. The summed E-state index contributed by atoms with van der Waals surface area (Å²) in [5, 5.41) is 9.91. The highest BCUT2D eigenvalue weighted by atomic mass is 32.2. The molecule has 1 aromatic heterocycles. The van der Waals surface area contributed by atoms with Gasteiger partial charge in [-0.05, 0) is 39.8 Å². The lowest BCUT2D eigenvalue weighted by Gasteiger charge is -2.20. The number of H-pyrrole nitrogens is 1. The van der Waals surface area contributed by atoms with Gasteiger partial charge in [0.15, 0.2) is 5.03 Å². The lowest BCUT2D eigenvalue weighted by molar-refractivity contribution is 0.308. The molecule has 21 heavy (non-hydrogen) atoms. The Bertz CT molecular complexity index is 612. The van der Waals surface area contributed by atoms with Gasteiger partial charge >= 0.3 is 0 Å². The van der Waals surface area contributed by atoms with Crippen LogP contribution in [-0.2, 0) is 16.6 Å². The molecule has 0 radical (unpaired) electrons. The molecule has 8 heteroatoms. The number of rotatable bonds is 5. The van der Waals surface area contributed by atoms with Gasteiger partial charge in [0.05, 0.1) is 0 Å². The van der Waals surface area contributed by atoms with E-state index >= 15 is 0 Å². The summed E-state index contributed by atoms with van der Waals surface area (Å²) >= 11 is 0. The van der Waals surface area contributed by atoms with Crippen LogP contribution in [0, 0.1) is 6.92 Å². The van der Waals surface area contributed by atoms with Crippen molar-refractivity contribution in [3.63, 3.8) is 0 Å². The topological polar surface area (TPSA) is 90.1 Å². The Morgan fingerprint density at radius 3 is 2.95 bits per heavy atom. The number of nitrogens with zero attached hydrogens (tertiary/aromatic N) is 2. The molecule has 2 saturated heterocycles. The van der Waals surface area contributed by atoms with Gasteiger partial charge in [-0.2, -0.15) is 5.10 Å². The van der Waals surface area contributed by atoms with Crippen molar-refractivity contribution in [2.24, 2.45) is 0 Å². The Kier molecular flexibility index (Phi) is 4.04. The molecule has 0 aliphatic carbocycles. The maximum Gasteiger partial charge on any atom is 0.260 e. The number of aromatic nitrogens is 2. The van der Waals surface area contributed by atoms with Crippen molar-refractivity contribution in [3.05, 3.63) is 11.3 Å². The van der Waals surface area contributed by atoms with Crippen LogP contribution in [-0.4, -0.2) is 55.7 Å². The van der Waals surface area contributed by atoms with Gasteiger partial charge in [0, 0.05) is 36.4 Å². The first-order valence-corrected chi connectivity index (χ1v) is 8.96. The van der Waals surface area contributed by atoms with E-state index in [0.29, 0.717) is 18.2 Å². The second-order valence-corrected chi connectivity index (χ2v) is 7.55. The van der Waals surface area contributed by atoms with Gasteiger partial charge in [-0.3, -0.25) is 10.00 Å². The Labute approximate surface area is 125 Å². The molecule has 1 aromatic rings. The van der Waals surface area contributed by atoms with Gasteiger partial charge in [0.2, 0.25) is 0 Å². The molecule has 7 nitrogen and oxygen atoms in total. The number of hydrogen-bond donors (Lipinski definition) is 3. The molecule has 0 saturated carbocycles. The van der Waals surface area contributed by atoms with Crippen LogP contribution in [0.15, 0.2) is 5.03 Å². The molecule has 2 atom stereocenters. The zero-order valence-corrected chi connectivity index (χ0v) is 13.3. The molecule has 0 spiro atoms. The van der Waals surface area contributed by atoms with Crippen molar-refractivity contribution in [2.75, 3.05) is 20.1 Å². The van der Waals surface area contributed by atoms with E-state index in [-0.39, 0.29) is 11.1 Å². The monoisotopic (exact) mass is 313 g/mol. The number of hydrogen-bond acceptors (Lipinski definition) is 5. The molecule has 0 aromatic carbocycles. The van der Waals surface area contributed by atoms with Gasteiger partial charge in [0.1, 0.15) is 0 Å². The van der Waals surface area contributed by atoms with E-state index in [9.17, 15) is 8.42 Å². The fourth-order valence-electron chi connectivity index (χ4n) is 3.51. The smallest absolute Gasteiger partial charge is 0.260 e. The summed E-state index contributed by atoms with van der Waals surface area (Å²) in [6.07, 6.45) is 3.13. The van der Waals surface area contributed by atoms with Crippen LogP contribution in [0.2, 0.25) is 0 Å². The SMILES string of the molecule is CNCc1c(S(=O)(=O)NC2CCN3CCCC23)n[nH]c1C. The van der Waals surface area contributed by atoms with Crippen LogP contribution in [0.3, 0.4) is 0 Å². The average Bonchev–Trinajstić information content (AvgIpc) is 3.09. The number of sulfonamides is 1. The predicted octanol–water partition coefficient (Wildman–Crippen LogP) is -0.0475. The summed E-state index contributed by atoms with van der Waals surface area (Å²) in [5.74, 6) is 0. The number of fused-ring (bicyclic) bond motifs is 1. The van der Waals surface area contributed by atoms with Crippen molar-refractivity contribution >= 4 is 10.0 Å². The second-order valence-electron chi connectivity index (χ2n) is 5.92. The molecule has 3 rings (SSSR count). The Hall–Kier alpha value is -0.960. The van der Waals surface area contributed by atoms with Gasteiger partial charge in [0.25, 0.3) is 10.0 Å². The number of aromatic amines is 1. The van der Waals surface area contributed by atoms with Crippen LogP contribution in [0.25, 0.3) is 0 Å². The van der Waals surface area contributed by atoms with E-state index < -0.39 is 10.0 Å². The Balaban J connectivity index is 1.81. The summed E-state index contributed by atoms with van der Waals surface area (Å²) in [6, 6.07) is 0.365. The minimum Gasteiger partial charge on any atom is -0.316 e. The van der Waals surface area contributed by atoms with Gasteiger partial charge < -0.3 is 5.32 Å². The highest BCUT2D eigenvalue weighted by molar-refractivity contribution is 7.89. The van der Waals surface area contributed by atoms with E-state index in [2.05, 4.69) is 25.1 Å². The second kappa shape index (κ2) is 5.68. The third-order valence-corrected chi connectivity index (χ3v) is 6.02. The van der Waals surface area contributed by atoms with E-state index in [1.54, 1.807) is 7.05 Å². The normalized spacial score (nSPS) is 26.4. The molecule has 3 N–H and O–H groups in total. The van der Waals surface area contributed by atoms with Gasteiger partial charge in [-0.1, -0.05) is 0 Å². The Morgan fingerprint density at radius 1 is 1.38 bits per heavy atom. The third-order valence-electron chi connectivity index (χ3n) is 4.56. The summed E-state index contributed by atoms with van der Waals surface area (Å²) < 4.78 is 28.2. The van der Waals surface area contributed by atoms with Crippen LogP contribution in [0.1, 0.15) is 30.5 Å². The van der Waals surface area contributed by atoms with Crippen molar-refractivity contribution in [2.45, 2.75) is 49.8 Å². The van der Waals surface area contributed by atoms with Crippen LogP contribution >= 0.6 is 0 Å². The largest absolute Gasteiger partial charge is 0.316 e. The zero-order valence-electron chi connectivity index (χ0n) is 12.5. The number of nitrogens with one attached hydrogen (secondary N) is 3. The first-order chi connectivity index (χ1) is 10.0. The molecular weight excluding hydrogens is 290 g/mol. The van der Waals surface area contributed by atoms with Crippen molar-refractivity contribution < 1.29 is 8.42 Å². The van der Waals surface area contributed by atoms with E-state index in [0.717, 1.165) is 38.0 Å². The minimum absolute atomic E-state index is 0.0111. The molecule has 2 unspecified atom stereocenters. The van der Waals surface area contributed by atoms with Crippen LogP contribution in [0.5, 0.6) is 0 Å². The fourth-order valence-corrected chi connectivity index (χ4v) is 5.01. The molecule has 2 aliphatic heterocycles. The minimum atomic E-state index is -3.57. The lowest BCUT2D eigenvalue weighted by Crippen LogP contribution is -2.42. The zero-order chi connectivity index (χ0) is 15.0. The molecule has 2 fully saturated rings. The highest BCUT2D eigenvalue weighted by Crippen LogP contribution is 2.29. The quantitative estimate of drug-likeness (QED) is 0.709. The maximum atomic E-state index is 12.6. The van der Waals surface area contributed by atoms with E-state index in [1.807, 2.05) is 6.92 Å². The molecule has 2 aliphatic rings. The predicted molar refractivity (Wildman–Crippen MR) is 79.4 cm³/mol. The first-order valence-electron chi connectivity index (χ1n) is 7.48. The van der Waals surface area contributed by atoms with Crippen molar-refractivity contribution in [1.82, 2.24) is 25.1 Å². The summed E-state index contributed by atoms with van der Waals surface area (Å²) in [5.41, 5.74) is 1.50. The molecule has 0 bridgehead atoms. The molecule has 0 amide bonds. The van der Waals surface area contributed by atoms with E-state index in [1.165, 1.54) is 0 Å². The summed E-state index contributed by atoms with van der Waals surface area (Å²) in [6.45, 7) is 4.40. The number of aryl methyl sites for hydroxylation is 1. The molecular formula is C13H23N5O2S. The molecule has 118 valence electrons. The third kappa shape index (κ3) is 2.73. The van der Waals surface area contributed by atoms with Gasteiger partial charge in [-0.25, -0.2) is 13.1 Å². The first kappa shape index (κ1) is 15.0.